The normalized spacial score (nSPS) is 10.1. The monoisotopic (exact) mass is 293 g/mol. The smallest absolute Gasteiger partial charge is 0.270 e. The standard InChI is InChI=1S/C16H11N3O3/c17-11-13-5-1-2-7-15(13)18-16(20)9-8-12-4-3-6-14(10-12)19(21)22/h1-10H,(H,18,20). The summed E-state index contributed by atoms with van der Waals surface area (Å²) in [5.74, 6) is -0.422. The molecule has 108 valence electrons. The number of amides is 1. The highest BCUT2D eigenvalue weighted by Gasteiger charge is 2.05. The van der Waals surface area contributed by atoms with E-state index in [1.807, 2.05) is 6.07 Å². The molecule has 6 nitrogen and oxygen atoms in total. The van der Waals surface area contributed by atoms with Gasteiger partial charge in [-0.05, 0) is 23.8 Å². The van der Waals surface area contributed by atoms with E-state index in [1.54, 1.807) is 36.4 Å². The third kappa shape index (κ3) is 3.77. The number of nitrogens with one attached hydrogen (secondary N) is 1. The predicted molar refractivity (Wildman–Crippen MR) is 81.9 cm³/mol. The molecule has 22 heavy (non-hydrogen) atoms. The second-order valence-electron chi connectivity index (χ2n) is 4.33. The summed E-state index contributed by atoms with van der Waals surface area (Å²) in [4.78, 5) is 22.0. The first kappa shape index (κ1) is 14.9. The van der Waals surface area contributed by atoms with Crippen LogP contribution in [0.5, 0.6) is 0 Å². The molecule has 0 spiro atoms. The van der Waals surface area contributed by atoms with Crippen LogP contribution in [0.4, 0.5) is 11.4 Å². The highest BCUT2D eigenvalue weighted by atomic mass is 16.6. The third-order valence-electron chi connectivity index (χ3n) is 2.81. The average Bonchev–Trinajstić information content (AvgIpc) is 2.53. The summed E-state index contributed by atoms with van der Waals surface area (Å²) < 4.78 is 0. The fraction of sp³-hybridized carbons (Fsp3) is 0. The Morgan fingerprint density at radius 1 is 1.23 bits per heavy atom. The first-order valence-electron chi connectivity index (χ1n) is 6.33. The maximum atomic E-state index is 11.8. The van der Waals surface area contributed by atoms with Crippen LogP contribution in [0.3, 0.4) is 0 Å². The summed E-state index contributed by atoms with van der Waals surface area (Å²) >= 11 is 0. The van der Waals surface area contributed by atoms with E-state index >= 15 is 0 Å². The van der Waals surface area contributed by atoms with Gasteiger partial charge in [0.25, 0.3) is 5.69 Å². The number of carbonyl (C=O) groups excluding carboxylic acids is 1. The number of hydrogen-bond acceptors (Lipinski definition) is 4. The quantitative estimate of drug-likeness (QED) is 0.532. The summed E-state index contributed by atoms with van der Waals surface area (Å²) in [7, 11) is 0. The molecule has 2 rings (SSSR count). The fourth-order valence-electron chi connectivity index (χ4n) is 1.78. The van der Waals surface area contributed by atoms with Crippen LogP contribution in [0.25, 0.3) is 6.08 Å². The van der Waals surface area contributed by atoms with Crippen molar-refractivity contribution in [2.24, 2.45) is 0 Å². The number of benzene rings is 2. The molecule has 0 fully saturated rings. The molecule has 2 aromatic rings. The van der Waals surface area contributed by atoms with Gasteiger partial charge in [0.05, 0.1) is 16.2 Å². The average molecular weight is 293 g/mol. The van der Waals surface area contributed by atoms with E-state index in [9.17, 15) is 14.9 Å². The van der Waals surface area contributed by atoms with E-state index < -0.39 is 10.8 Å². The Labute approximate surface area is 126 Å². The Morgan fingerprint density at radius 3 is 2.73 bits per heavy atom. The molecule has 6 heteroatoms. The summed E-state index contributed by atoms with van der Waals surface area (Å²) in [5.41, 5.74) is 1.27. The van der Waals surface area contributed by atoms with Crippen molar-refractivity contribution >= 4 is 23.4 Å². The topological polar surface area (TPSA) is 96.0 Å². The maximum absolute atomic E-state index is 11.8. The first-order chi connectivity index (χ1) is 10.6. The summed E-state index contributed by atoms with van der Waals surface area (Å²) in [6.45, 7) is 0. The molecule has 0 heterocycles. The lowest BCUT2D eigenvalue weighted by molar-refractivity contribution is -0.384. The molecule has 0 saturated heterocycles. The van der Waals surface area contributed by atoms with Gasteiger partial charge in [0, 0.05) is 18.2 Å². The lowest BCUT2D eigenvalue weighted by atomic mass is 10.2. The Hall–Kier alpha value is -3.46. The number of non-ortho nitro benzene ring substituents is 1. The Bertz CT molecular complexity index is 791. The zero-order valence-corrected chi connectivity index (χ0v) is 11.4. The van der Waals surface area contributed by atoms with Gasteiger partial charge in [0.1, 0.15) is 6.07 Å². The minimum absolute atomic E-state index is 0.0441. The molecule has 0 atom stereocenters. The van der Waals surface area contributed by atoms with E-state index in [0.29, 0.717) is 16.8 Å². The van der Waals surface area contributed by atoms with Crippen molar-refractivity contribution in [1.82, 2.24) is 0 Å². The number of anilines is 1. The van der Waals surface area contributed by atoms with Crippen LogP contribution in [-0.2, 0) is 4.79 Å². The van der Waals surface area contributed by atoms with E-state index in [2.05, 4.69) is 5.32 Å². The van der Waals surface area contributed by atoms with Gasteiger partial charge in [-0.2, -0.15) is 5.26 Å². The minimum atomic E-state index is -0.499. The third-order valence-corrected chi connectivity index (χ3v) is 2.81. The van der Waals surface area contributed by atoms with Gasteiger partial charge in [-0.25, -0.2) is 0 Å². The van der Waals surface area contributed by atoms with Crippen LogP contribution in [-0.4, -0.2) is 10.8 Å². The van der Waals surface area contributed by atoms with Crippen molar-refractivity contribution in [3.05, 3.63) is 75.8 Å². The van der Waals surface area contributed by atoms with E-state index in [4.69, 9.17) is 5.26 Å². The molecule has 0 radical (unpaired) electrons. The Balaban J connectivity index is 2.10. The van der Waals surface area contributed by atoms with Crippen molar-refractivity contribution in [3.8, 4) is 6.07 Å². The summed E-state index contributed by atoms with van der Waals surface area (Å²) in [6, 6.07) is 14.6. The van der Waals surface area contributed by atoms with Gasteiger partial charge in [-0.3, -0.25) is 14.9 Å². The molecule has 0 aliphatic heterocycles. The molecule has 0 bridgehead atoms. The number of rotatable bonds is 4. The molecule has 0 unspecified atom stereocenters. The van der Waals surface area contributed by atoms with Crippen LogP contribution < -0.4 is 5.32 Å². The van der Waals surface area contributed by atoms with Crippen molar-refractivity contribution in [3.63, 3.8) is 0 Å². The fourth-order valence-corrected chi connectivity index (χ4v) is 1.78. The van der Waals surface area contributed by atoms with Gasteiger partial charge in [0.15, 0.2) is 0 Å². The maximum Gasteiger partial charge on any atom is 0.270 e. The first-order valence-corrected chi connectivity index (χ1v) is 6.33. The number of carbonyl (C=O) groups is 1. The van der Waals surface area contributed by atoms with E-state index in [-0.39, 0.29) is 5.69 Å². The number of hydrogen-bond donors (Lipinski definition) is 1. The van der Waals surface area contributed by atoms with Gasteiger partial charge in [0.2, 0.25) is 5.91 Å². The van der Waals surface area contributed by atoms with Gasteiger partial charge >= 0.3 is 0 Å². The zero-order valence-electron chi connectivity index (χ0n) is 11.4. The SMILES string of the molecule is N#Cc1ccccc1NC(=O)C=Cc1cccc([N+](=O)[O-])c1. The van der Waals surface area contributed by atoms with E-state index in [1.165, 1.54) is 24.3 Å². The molecule has 2 aromatic carbocycles. The number of nitriles is 1. The van der Waals surface area contributed by atoms with Crippen LogP contribution in [0, 0.1) is 21.4 Å². The Kier molecular flexibility index (Phi) is 4.63. The van der Waals surface area contributed by atoms with Gasteiger partial charge < -0.3 is 5.32 Å². The lowest BCUT2D eigenvalue weighted by Crippen LogP contribution is -2.08. The van der Waals surface area contributed by atoms with Crippen molar-refractivity contribution < 1.29 is 9.72 Å². The van der Waals surface area contributed by atoms with Crippen LogP contribution >= 0.6 is 0 Å². The highest BCUT2D eigenvalue weighted by Crippen LogP contribution is 2.15. The number of para-hydroxylation sites is 1. The second kappa shape index (κ2) is 6.81. The number of nitro benzene ring substituents is 1. The summed E-state index contributed by atoms with van der Waals surface area (Å²) in [6.07, 6.45) is 2.73. The van der Waals surface area contributed by atoms with Crippen LogP contribution in [0.2, 0.25) is 0 Å². The molecule has 0 aromatic heterocycles. The molecule has 0 aliphatic rings. The second-order valence-corrected chi connectivity index (χ2v) is 4.33. The number of nitro groups is 1. The van der Waals surface area contributed by atoms with Crippen molar-refractivity contribution in [2.45, 2.75) is 0 Å². The lowest BCUT2D eigenvalue weighted by Gasteiger charge is -2.03. The molecule has 1 amide bonds. The molecule has 0 saturated carbocycles. The largest absolute Gasteiger partial charge is 0.321 e. The predicted octanol–water partition coefficient (Wildman–Crippen LogP) is 3.12. The molecular weight excluding hydrogens is 282 g/mol. The molecule has 1 N–H and O–H groups in total. The minimum Gasteiger partial charge on any atom is -0.321 e. The van der Waals surface area contributed by atoms with Gasteiger partial charge in [-0.1, -0.05) is 24.3 Å². The molecular formula is C16H11N3O3. The van der Waals surface area contributed by atoms with Gasteiger partial charge in [-0.15, -0.1) is 0 Å². The van der Waals surface area contributed by atoms with E-state index in [0.717, 1.165) is 0 Å². The highest BCUT2D eigenvalue weighted by molar-refractivity contribution is 6.02. The zero-order chi connectivity index (χ0) is 15.9. The summed E-state index contributed by atoms with van der Waals surface area (Å²) in [5, 5.41) is 22.2. The van der Waals surface area contributed by atoms with Crippen molar-refractivity contribution in [2.75, 3.05) is 5.32 Å². The molecule has 0 aliphatic carbocycles. The van der Waals surface area contributed by atoms with Crippen molar-refractivity contribution in [1.29, 1.82) is 5.26 Å². The number of nitrogens with zero attached hydrogens (tertiary/aromatic N) is 2. The Morgan fingerprint density at radius 2 is 2.00 bits per heavy atom. The van der Waals surface area contributed by atoms with Crippen LogP contribution in [0.1, 0.15) is 11.1 Å². The van der Waals surface area contributed by atoms with Crippen LogP contribution in [0.15, 0.2) is 54.6 Å².